The van der Waals surface area contributed by atoms with Gasteiger partial charge in [0.1, 0.15) is 0 Å². The molecule has 3 saturated heterocycles. The highest BCUT2D eigenvalue weighted by molar-refractivity contribution is 5.78. The highest BCUT2D eigenvalue weighted by atomic mass is 16.2. The van der Waals surface area contributed by atoms with Gasteiger partial charge in [0.2, 0.25) is 5.91 Å². The Bertz CT molecular complexity index is 809. The monoisotopic (exact) mass is 405 g/mol. The standard InChI is InChI=1S/C26H35N3O/c27-15-20-9-4-5-10-21(20)16-28-17-22-14-23(18-28)25(13-19-7-2-1-3-8-19)29-24(22)11-6-12-26(29)30/h4-5,9-10,19,22-25H,1-3,6-8,11-14,16-18H2/t22-,23+,24+,25+/m1/s1. The van der Waals surface area contributed by atoms with E-state index in [1.165, 1.54) is 51.4 Å². The summed E-state index contributed by atoms with van der Waals surface area (Å²) >= 11 is 0. The number of carbonyl (C=O) groups excluding carboxylic acids is 1. The number of likely N-dealkylation sites (tertiary alicyclic amines) is 1. The van der Waals surface area contributed by atoms with E-state index < -0.39 is 0 Å². The summed E-state index contributed by atoms with van der Waals surface area (Å²) in [4.78, 5) is 18.0. The first-order chi connectivity index (χ1) is 14.7. The first-order valence-electron chi connectivity index (χ1n) is 12.2. The fourth-order valence-corrected chi connectivity index (χ4v) is 7.08. The van der Waals surface area contributed by atoms with E-state index in [0.717, 1.165) is 49.5 Å². The van der Waals surface area contributed by atoms with Crippen LogP contribution in [0.25, 0.3) is 0 Å². The van der Waals surface area contributed by atoms with Crippen molar-refractivity contribution in [1.82, 2.24) is 9.80 Å². The maximum absolute atomic E-state index is 13.0. The van der Waals surface area contributed by atoms with Crippen LogP contribution in [0.1, 0.15) is 75.3 Å². The van der Waals surface area contributed by atoms with Crippen LogP contribution < -0.4 is 0 Å². The topological polar surface area (TPSA) is 47.3 Å². The molecule has 0 unspecified atom stereocenters. The van der Waals surface area contributed by atoms with Crippen molar-refractivity contribution in [2.75, 3.05) is 13.1 Å². The number of hydrogen-bond acceptors (Lipinski definition) is 3. The van der Waals surface area contributed by atoms with Crippen molar-refractivity contribution in [1.29, 1.82) is 5.26 Å². The van der Waals surface area contributed by atoms with Crippen LogP contribution in [0, 0.1) is 29.1 Å². The molecule has 0 aromatic heterocycles. The van der Waals surface area contributed by atoms with Crippen molar-refractivity contribution in [2.24, 2.45) is 17.8 Å². The van der Waals surface area contributed by atoms with Gasteiger partial charge < -0.3 is 4.90 Å². The Morgan fingerprint density at radius 1 is 1.00 bits per heavy atom. The van der Waals surface area contributed by atoms with Gasteiger partial charge in [-0.3, -0.25) is 9.69 Å². The predicted molar refractivity (Wildman–Crippen MR) is 117 cm³/mol. The first-order valence-corrected chi connectivity index (χ1v) is 12.2. The van der Waals surface area contributed by atoms with E-state index in [4.69, 9.17) is 0 Å². The quantitative estimate of drug-likeness (QED) is 0.727. The Balaban J connectivity index is 1.37. The molecule has 1 amide bonds. The van der Waals surface area contributed by atoms with Crippen LogP contribution in [0.15, 0.2) is 24.3 Å². The molecule has 5 rings (SSSR count). The molecule has 3 aliphatic heterocycles. The van der Waals surface area contributed by atoms with Gasteiger partial charge in [-0.25, -0.2) is 0 Å². The molecule has 0 radical (unpaired) electrons. The summed E-state index contributed by atoms with van der Waals surface area (Å²) in [5.74, 6) is 2.44. The summed E-state index contributed by atoms with van der Waals surface area (Å²) in [6, 6.07) is 11.3. The summed E-state index contributed by atoms with van der Waals surface area (Å²) in [7, 11) is 0. The maximum atomic E-state index is 13.0. The van der Waals surface area contributed by atoms with E-state index in [9.17, 15) is 10.1 Å². The van der Waals surface area contributed by atoms with Crippen LogP contribution in [0.4, 0.5) is 0 Å². The highest BCUT2D eigenvalue weighted by Crippen LogP contribution is 2.45. The molecule has 1 saturated carbocycles. The molecule has 4 aliphatic rings. The number of hydrogen-bond donors (Lipinski definition) is 0. The van der Waals surface area contributed by atoms with Crippen LogP contribution in [0.2, 0.25) is 0 Å². The zero-order chi connectivity index (χ0) is 20.5. The first kappa shape index (κ1) is 20.1. The molecule has 4 heteroatoms. The normalized spacial score (nSPS) is 32.5. The van der Waals surface area contributed by atoms with E-state index in [-0.39, 0.29) is 0 Å². The molecular weight excluding hydrogens is 370 g/mol. The molecule has 4 fully saturated rings. The summed E-state index contributed by atoms with van der Waals surface area (Å²) < 4.78 is 0. The summed E-state index contributed by atoms with van der Waals surface area (Å²) in [6.07, 6.45) is 12.4. The predicted octanol–water partition coefficient (Wildman–Crippen LogP) is 4.73. The lowest BCUT2D eigenvalue weighted by molar-refractivity contribution is -0.154. The van der Waals surface area contributed by atoms with Crippen molar-refractivity contribution in [3.8, 4) is 6.07 Å². The molecule has 3 heterocycles. The number of nitriles is 1. The maximum Gasteiger partial charge on any atom is 0.223 e. The zero-order valence-electron chi connectivity index (χ0n) is 18.1. The number of fused-ring (bicyclic) bond motifs is 4. The van der Waals surface area contributed by atoms with E-state index in [0.29, 0.717) is 29.8 Å². The summed E-state index contributed by atoms with van der Waals surface area (Å²) in [5, 5.41) is 9.50. The summed E-state index contributed by atoms with van der Waals surface area (Å²) in [5.41, 5.74) is 1.96. The minimum atomic E-state index is 0.435. The van der Waals surface area contributed by atoms with Gasteiger partial charge in [-0.1, -0.05) is 50.3 Å². The number of piperidine rings is 3. The molecule has 1 aliphatic carbocycles. The second-order valence-corrected chi connectivity index (χ2v) is 10.3. The second kappa shape index (κ2) is 8.71. The van der Waals surface area contributed by atoms with Gasteiger partial charge in [0.25, 0.3) is 0 Å². The number of carbonyl (C=O) groups is 1. The number of benzene rings is 1. The Morgan fingerprint density at radius 3 is 2.63 bits per heavy atom. The van der Waals surface area contributed by atoms with E-state index in [2.05, 4.69) is 21.9 Å². The van der Waals surface area contributed by atoms with Gasteiger partial charge in [-0.2, -0.15) is 5.26 Å². The van der Waals surface area contributed by atoms with Gasteiger partial charge in [0.15, 0.2) is 0 Å². The molecule has 160 valence electrons. The lowest BCUT2D eigenvalue weighted by Crippen LogP contribution is -2.65. The number of rotatable bonds is 4. The van der Waals surface area contributed by atoms with Crippen molar-refractivity contribution >= 4 is 5.91 Å². The molecule has 4 nitrogen and oxygen atoms in total. The zero-order valence-corrected chi connectivity index (χ0v) is 18.1. The van der Waals surface area contributed by atoms with Crippen LogP contribution in [0.5, 0.6) is 0 Å². The van der Waals surface area contributed by atoms with E-state index in [1.807, 2.05) is 18.2 Å². The largest absolute Gasteiger partial charge is 0.336 e. The third-order valence-electron chi connectivity index (χ3n) is 8.40. The number of nitrogens with zero attached hydrogens (tertiary/aromatic N) is 3. The third kappa shape index (κ3) is 3.89. The smallest absolute Gasteiger partial charge is 0.223 e. The third-order valence-corrected chi connectivity index (χ3v) is 8.40. The van der Waals surface area contributed by atoms with Gasteiger partial charge in [-0.05, 0) is 55.1 Å². The van der Waals surface area contributed by atoms with Gasteiger partial charge in [0, 0.05) is 38.1 Å². The Labute approximate surface area is 181 Å². The molecule has 4 atom stereocenters. The van der Waals surface area contributed by atoms with Gasteiger partial charge in [0.05, 0.1) is 11.6 Å². The average molecular weight is 406 g/mol. The Hall–Kier alpha value is -1.86. The lowest BCUT2D eigenvalue weighted by atomic mass is 9.69. The van der Waals surface area contributed by atoms with Crippen molar-refractivity contribution in [3.63, 3.8) is 0 Å². The van der Waals surface area contributed by atoms with Crippen LogP contribution in [-0.4, -0.2) is 40.9 Å². The highest BCUT2D eigenvalue weighted by Gasteiger charge is 2.49. The molecule has 0 N–H and O–H groups in total. The molecule has 1 aromatic carbocycles. The lowest BCUT2D eigenvalue weighted by Gasteiger charge is -2.57. The fraction of sp³-hybridized carbons (Fsp3) is 0.692. The van der Waals surface area contributed by atoms with Crippen molar-refractivity contribution in [3.05, 3.63) is 35.4 Å². The van der Waals surface area contributed by atoms with E-state index in [1.54, 1.807) is 0 Å². The Morgan fingerprint density at radius 2 is 1.80 bits per heavy atom. The van der Waals surface area contributed by atoms with Crippen LogP contribution in [-0.2, 0) is 11.3 Å². The second-order valence-electron chi connectivity index (χ2n) is 10.3. The van der Waals surface area contributed by atoms with Crippen molar-refractivity contribution in [2.45, 2.75) is 82.8 Å². The van der Waals surface area contributed by atoms with E-state index >= 15 is 0 Å². The SMILES string of the molecule is N#Cc1ccccc1CN1C[C@H]2C[C@@H](C1)[C@H](CC1CCCCC1)N1C(=O)CCC[C@@H]21. The average Bonchev–Trinajstić information content (AvgIpc) is 2.78. The molecule has 0 spiro atoms. The number of amides is 1. The fourth-order valence-electron chi connectivity index (χ4n) is 7.08. The molecule has 1 aromatic rings. The van der Waals surface area contributed by atoms with Gasteiger partial charge >= 0.3 is 0 Å². The Kier molecular flexibility index (Phi) is 5.83. The van der Waals surface area contributed by atoms with Gasteiger partial charge in [-0.15, -0.1) is 0 Å². The molecule has 30 heavy (non-hydrogen) atoms. The molecule has 2 bridgehead atoms. The van der Waals surface area contributed by atoms with Crippen molar-refractivity contribution < 1.29 is 4.79 Å². The van der Waals surface area contributed by atoms with Crippen LogP contribution >= 0.6 is 0 Å². The minimum Gasteiger partial charge on any atom is -0.336 e. The molecular formula is C26H35N3O. The minimum absolute atomic E-state index is 0.435. The van der Waals surface area contributed by atoms with Crippen LogP contribution in [0.3, 0.4) is 0 Å². The summed E-state index contributed by atoms with van der Waals surface area (Å²) in [6.45, 7) is 3.01.